The number of benzene rings is 2. The fraction of sp³-hybridized carbons (Fsp3) is 0.500. The fourth-order valence-corrected chi connectivity index (χ4v) is 6.71. The second-order valence-corrected chi connectivity index (χ2v) is 11.5. The number of nitrogens with two attached hydrogens (primary N) is 1. The summed E-state index contributed by atoms with van der Waals surface area (Å²) in [6.07, 6.45) is 3.94. The number of carbonyl (C=O) groups excluding carboxylic acids is 2. The molecule has 39 heavy (non-hydrogen) atoms. The molecule has 4 atom stereocenters. The van der Waals surface area contributed by atoms with Gasteiger partial charge in [-0.3, -0.25) is 14.5 Å². The van der Waals surface area contributed by atoms with Gasteiger partial charge in [0.15, 0.2) is 5.96 Å². The highest BCUT2D eigenvalue weighted by Gasteiger charge is 2.51. The molecule has 0 spiro atoms. The molecule has 4 heterocycles. The lowest BCUT2D eigenvalue weighted by atomic mass is 9.84. The van der Waals surface area contributed by atoms with Gasteiger partial charge in [0.25, 0.3) is 11.8 Å². The first-order valence-electron chi connectivity index (χ1n) is 13.9. The standard InChI is InChI=1S/C30H34F2N4O3/c1-3-29-11-5-4-6-18-7-10-25-21(13-18)23(12-17(2)39-25)34-27(38)19-8-9-22-20(14-19)24(15-30(22,31)32)36(26(37)16-29)28(33)35-29/h7-10,13-14,17,23-24H,3-6,11-12,15-16H2,1-2H3,(H2,33,35)(H,34,38)/t17-,23-,24+,29+/m0/s1. The van der Waals surface area contributed by atoms with Gasteiger partial charge >= 0.3 is 0 Å². The molecule has 0 saturated carbocycles. The van der Waals surface area contributed by atoms with E-state index in [1.807, 2.05) is 19.9 Å². The SMILES string of the molecule is CC[C@@]12CCCCc3ccc4c(c3)[C@H](C[C@H](C)O4)NC(=O)c3ccc4c(c3)[C@@H](CC4(F)F)N(C(=O)C1)C(N)=N2. The van der Waals surface area contributed by atoms with Gasteiger partial charge < -0.3 is 15.8 Å². The van der Waals surface area contributed by atoms with E-state index in [-0.39, 0.29) is 53.0 Å². The van der Waals surface area contributed by atoms with Crippen LogP contribution in [-0.4, -0.2) is 34.3 Å². The highest BCUT2D eigenvalue weighted by molar-refractivity contribution is 6.00. The average molecular weight is 537 g/mol. The molecular weight excluding hydrogens is 502 g/mol. The van der Waals surface area contributed by atoms with Crippen LogP contribution in [0.5, 0.6) is 5.75 Å². The van der Waals surface area contributed by atoms with Crippen LogP contribution < -0.4 is 15.8 Å². The van der Waals surface area contributed by atoms with Crippen LogP contribution in [0.15, 0.2) is 41.4 Å². The van der Waals surface area contributed by atoms with E-state index in [1.165, 1.54) is 23.1 Å². The predicted molar refractivity (Wildman–Crippen MR) is 143 cm³/mol. The summed E-state index contributed by atoms with van der Waals surface area (Å²) < 4.78 is 36.4. The summed E-state index contributed by atoms with van der Waals surface area (Å²) in [4.78, 5) is 33.0. The van der Waals surface area contributed by atoms with Crippen LogP contribution >= 0.6 is 0 Å². The molecule has 5 aliphatic rings. The van der Waals surface area contributed by atoms with E-state index in [0.29, 0.717) is 19.3 Å². The number of halogens is 2. The number of amides is 2. The van der Waals surface area contributed by atoms with Gasteiger partial charge in [0.1, 0.15) is 5.75 Å². The monoisotopic (exact) mass is 536 g/mol. The first-order valence-corrected chi connectivity index (χ1v) is 13.9. The molecule has 2 amide bonds. The summed E-state index contributed by atoms with van der Waals surface area (Å²) in [6.45, 7) is 3.95. The Morgan fingerprint density at radius 2 is 1.97 bits per heavy atom. The number of aliphatic imine (C=N–C) groups is 1. The fourth-order valence-electron chi connectivity index (χ4n) is 6.71. The average Bonchev–Trinajstić information content (AvgIpc) is 3.15. The topological polar surface area (TPSA) is 97.0 Å². The molecule has 7 rings (SSSR count). The Hall–Kier alpha value is -3.49. The number of alkyl halides is 2. The molecule has 9 heteroatoms. The Morgan fingerprint density at radius 1 is 1.15 bits per heavy atom. The number of fused-ring (bicyclic) bond motifs is 5. The summed E-state index contributed by atoms with van der Waals surface area (Å²) >= 11 is 0. The number of nitrogens with zero attached hydrogens (tertiary/aromatic N) is 2. The summed E-state index contributed by atoms with van der Waals surface area (Å²) in [5.41, 5.74) is 8.13. The van der Waals surface area contributed by atoms with Gasteiger partial charge in [-0.05, 0) is 61.9 Å². The molecule has 0 aromatic heterocycles. The molecule has 2 aromatic rings. The van der Waals surface area contributed by atoms with Crippen molar-refractivity contribution in [2.75, 3.05) is 0 Å². The van der Waals surface area contributed by atoms with Crippen molar-refractivity contribution in [3.05, 3.63) is 64.2 Å². The van der Waals surface area contributed by atoms with Crippen LogP contribution in [0.3, 0.4) is 0 Å². The highest BCUT2D eigenvalue weighted by Crippen LogP contribution is 2.51. The molecule has 0 saturated heterocycles. The minimum absolute atomic E-state index is 0.0193. The van der Waals surface area contributed by atoms with Crippen molar-refractivity contribution in [1.29, 1.82) is 0 Å². The number of rotatable bonds is 1. The summed E-state index contributed by atoms with van der Waals surface area (Å²) in [7, 11) is 0. The van der Waals surface area contributed by atoms with E-state index in [1.54, 1.807) is 0 Å². The van der Waals surface area contributed by atoms with Gasteiger partial charge in [0, 0.05) is 29.5 Å². The molecule has 3 N–H and O–H groups in total. The molecule has 6 bridgehead atoms. The summed E-state index contributed by atoms with van der Waals surface area (Å²) in [5.74, 6) is -3.08. The first kappa shape index (κ1) is 25.8. The molecule has 206 valence electrons. The van der Waals surface area contributed by atoms with Gasteiger partial charge in [-0.2, -0.15) is 0 Å². The van der Waals surface area contributed by atoms with Crippen LogP contribution in [-0.2, 0) is 17.1 Å². The number of guanidine groups is 1. The molecule has 0 unspecified atom stereocenters. The van der Waals surface area contributed by atoms with Crippen molar-refractivity contribution >= 4 is 17.8 Å². The van der Waals surface area contributed by atoms with E-state index in [0.717, 1.165) is 36.1 Å². The third-order valence-corrected chi connectivity index (χ3v) is 8.84. The molecule has 2 aromatic carbocycles. The third kappa shape index (κ3) is 4.45. The van der Waals surface area contributed by atoms with Crippen molar-refractivity contribution in [3.8, 4) is 5.75 Å². The van der Waals surface area contributed by atoms with Crippen LogP contribution in [0.25, 0.3) is 0 Å². The van der Waals surface area contributed by atoms with E-state index in [4.69, 9.17) is 15.5 Å². The molecule has 7 nitrogen and oxygen atoms in total. The highest BCUT2D eigenvalue weighted by atomic mass is 19.3. The quantitative estimate of drug-likeness (QED) is 0.518. The maximum absolute atomic E-state index is 15.2. The van der Waals surface area contributed by atoms with Crippen LogP contribution in [0.1, 0.15) is 103 Å². The van der Waals surface area contributed by atoms with Crippen molar-refractivity contribution in [2.45, 2.75) is 94.9 Å². The Morgan fingerprint density at radius 3 is 2.74 bits per heavy atom. The number of nitrogens with one attached hydrogen (secondary N) is 1. The lowest BCUT2D eigenvalue weighted by Crippen LogP contribution is -2.52. The minimum Gasteiger partial charge on any atom is -0.490 e. The van der Waals surface area contributed by atoms with Crippen LogP contribution in [0.2, 0.25) is 0 Å². The summed E-state index contributed by atoms with van der Waals surface area (Å²) in [6, 6.07) is 9.09. The Bertz CT molecular complexity index is 1380. The molecule has 0 radical (unpaired) electrons. The zero-order valence-electron chi connectivity index (χ0n) is 22.3. The Kier molecular flexibility index (Phi) is 6.15. The molecule has 4 aliphatic heterocycles. The summed E-state index contributed by atoms with van der Waals surface area (Å²) in [5, 5.41) is 3.11. The van der Waals surface area contributed by atoms with E-state index in [9.17, 15) is 9.59 Å². The zero-order chi connectivity index (χ0) is 27.5. The lowest BCUT2D eigenvalue weighted by Gasteiger charge is -2.39. The van der Waals surface area contributed by atoms with Crippen molar-refractivity contribution in [1.82, 2.24) is 10.2 Å². The van der Waals surface area contributed by atoms with E-state index in [2.05, 4.69) is 17.4 Å². The molecular formula is C30H34F2N4O3. The maximum atomic E-state index is 15.2. The van der Waals surface area contributed by atoms with Gasteiger partial charge in [-0.1, -0.05) is 31.5 Å². The maximum Gasteiger partial charge on any atom is 0.275 e. The Labute approximate surface area is 226 Å². The lowest BCUT2D eigenvalue weighted by molar-refractivity contribution is -0.132. The van der Waals surface area contributed by atoms with E-state index >= 15 is 8.78 Å². The third-order valence-electron chi connectivity index (χ3n) is 8.84. The second kappa shape index (κ2) is 9.31. The smallest absolute Gasteiger partial charge is 0.275 e. The first-order chi connectivity index (χ1) is 18.6. The normalized spacial score (nSPS) is 29.7. The van der Waals surface area contributed by atoms with Gasteiger partial charge in [0.05, 0.1) is 30.1 Å². The number of ether oxygens (including phenoxy) is 1. The largest absolute Gasteiger partial charge is 0.490 e. The van der Waals surface area contributed by atoms with Gasteiger partial charge in [-0.15, -0.1) is 0 Å². The Balaban J connectivity index is 1.45. The van der Waals surface area contributed by atoms with Crippen LogP contribution in [0.4, 0.5) is 8.78 Å². The number of hydrogen-bond acceptors (Lipinski definition) is 5. The molecule has 0 fully saturated rings. The van der Waals surface area contributed by atoms with Crippen LogP contribution in [0, 0.1) is 0 Å². The number of aryl methyl sites for hydroxylation is 1. The molecule has 1 aliphatic carbocycles. The van der Waals surface area contributed by atoms with Crippen molar-refractivity contribution in [2.24, 2.45) is 10.7 Å². The second-order valence-electron chi connectivity index (χ2n) is 11.5. The zero-order valence-corrected chi connectivity index (χ0v) is 22.3. The number of carbonyl (C=O) groups is 2. The predicted octanol–water partition coefficient (Wildman–Crippen LogP) is 5.29. The van der Waals surface area contributed by atoms with Crippen molar-refractivity contribution < 1.29 is 23.1 Å². The van der Waals surface area contributed by atoms with Gasteiger partial charge in [0.2, 0.25) is 5.91 Å². The minimum atomic E-state index is -3.15. The van der Waals surface area contributed by atoms with Crippen molar-refractivity contribution in [3.63, 3.8) is 0 Å². The number of hydrogen-bond donors (Lipinski definition) is 2. The van der Waals surface area contributed by atoms with Gasteiger partial charge in [-0.25, -0.2) is 13.8 Å². The van der Waals surface area contributed by atoms with E-state index < -0.39 is 23.9 Å².